The van der Waals surface area contributed by atoms with Gasteiger partial charge in [0.2, 0.25) is 0 Å². The summed E-state index contributed by atoms with van der Waals surface area (Å²) in [5, 5.41) is 4.09. The zero-order valence-electron chi connectivity index (χ0n) is 13.9. The van der Waals surface area contributed by atoms with E-state index in [1.54, 1.807) is 6.26 Å². The molecule has 0 radical (unpaired) electrons. The van der Waals surface area contributed by atoms with Crippen LogP contribution < -0.4 is 5.73 Å². The first-order valence-corrected chi connectivity index (χ1v) is 9.85. The van der Waals surface area contributed by atoms with Gasteiger partial charge in [0.05, 0.1) is 26.2 Å². The van der Waals surface area contributed by atoms with Crippen LogP contribution in [0.15, 0.2) is 35.4 Å². The number of aromatic nitrogens is 2. The minimum absolute atomic E-state index is 0.00333. The maximum Gasteiger partial charge on any atom is 0.416 e. The molecule has 2 aromatic carbocycles. The number of hydrogen-bond donors (Lipinski definition) is 1. The molecule has 0 amide bonds. The quantitative estimate of drug-likeness (QED) is 0.332. The third-order valence-corrected chi connectivity index (χ3v) is 5.39. The minimum atomic E-state index is -4.61. The van der Waals surface area contributed by atoms with Crippen molar-refractivity contribution in [2.75, 3.05) is 12.0 Å². The van der Waals surface area contributed by atoms with E-state index in [1.807, 2.05) is 0 Å². The highest BCUT2D eigenvalue weighted by Crippen LogP contribution is 2.42. The van der Waals surface area contributed by atoms with Gasteiger partial charge >= 0.3 is 6.18 Å². The zero-order chi connectivity index (χ0) is 20.8. The van der Waals surface area contributed by atoms with E-state index in [1.165, 1.54) is 30.0 Å². The van der Waals surface area contributed by atoms with Crippen LogP contribution in [-0.4, -0.2) is 16.0 Å². The normalized spacial score (nSPS) is 11.9. The summed E-state index contributed by atoms with van der Waals surface area (Å²) in [5.74, 6) is -0.536. The van der Waals surface area contributed by atoms with Gasteiger partial charge in [-0.05, 0) is 36.1 Å². The van der Waals surface area contributed by atoms with Crippen molar-refractivity contribution in [1.29, 1.82) is 0 Å². The fourth-order valence-electron chi connectivity index (χ4n) is 2.58. The van der Waals surface area contributed by atoms with Gasteiger partial charge in [-0.25, -0.2) is 9.07 Å². The second-order valence-electron chi connectivity index (χ2n) is 5.60. The van der Waals surface area contributed by atoms with Gasteiger partial charge in [0, 0.05) is 0 Å². The van der Waals surface area contributed by atoms with E-state index in [4.69, 9.17) is 40.5 Å². The van der Waals surface area contributed by atoms with Crippen LogP contribution in [0.25, 0.3) is 16.8 Å². The number of halogens is 7. The van der Waals surface area contributed by atoms with Gasteiger partial charge in [0.25, 0.3) is 0 Å². The van der Waals surface area contributed by atoms with Crippen LogP contribution in [0.2, 0.25) is 15.1 Å². The predicted octanol–water partition coefficient (Wildman–Crippen LogP) is 6.96. The summed E-state index contributed by atoms with van der Waals surface area (Å²) in [6.07, 6.45) is -2.88. The maximum atomic E-state index is 13.5. The minimum Gasteiger partial charge on any atom is -0.383 e. The van der Waals surface area contributed by atoms with Crippen molar-refractivity contribution >= 4 is 52.4 Å². The summed E-state index contributed by atoms with van der Waals surface area (Å²) in [4.78, 5) is 0. The first-order valence-electron chi connectivity index (χ1n) is 7.49. The van der Waals surface area contributed by atoms with Crippen molar-refractivity contribution in [1.82, 2.24) is 9.78 Å². The van der Waals surface area contributed by atoms with Crippen LogP contribution in [0.3, 0.4) is 0 Å². The van der Waals surface area contributed by atoms with Crippen molar-refractivity contribution in [2.24, 2.45) is 0 Å². The highest BCUT2D eigenvalue weighted by atomic mass is 35.5. The Morgan fingerprint density at radius 2 is 1.64 bits per heavy atom. The summed E-state index contributed by atoms with van der Waals surface area (Å²) in [6.45, 7) is 0. The highest BCUT2D eigenvalue weighted by Gasteiger charge is 2.33. The topological polar surface area (TPSA) is 43.8 Å². The smallest absolute Gasteiger partial charge is 0.383 e. The van der Waals surface area contributed by atoms with Crippen LogP contribution in [-0.2, 0) is 6.18 Å². The Morgan fingerprint density at radius 3 is 2.14 bits per heavy atom. The lowest BCUT2D eigenvalue weighted by atomic mass is 10.1. The standard InChI is InChI=1S/C17H10Cl3F4N3S/c1-28-16-13(7-2-3-12(21)9(18)4-7)15(25)27(26-16)14-10(19)5-8(6-11(14)20)17(22,23)24/h2-6H,25H2,1H3. The molecule has 0 aliphatic carbocycles. The van der Waals surface area contributed by atoms with Gasteiger partial charge in [-0.15, -0.1) is 11.8 Å². The van der Waals surface area contributed by atoms with Gasteiger partial charge in [-0.2, -0.15) is 18.3 Å². The van der Waals surface area contributed by atoms with Gasteiger partial charge in [0.15, 0.2) is 0 Å². The van der Waals surface area contributed by atoms with E-state index in [9.17, 15) is 17.6 Å². The Bertz CT molecular complexity index is 1040. The lowest BCUT2D eigenvalue weighted by Gasteiger charge is -2.13. The molecule has 0 bridgehead atoms. The predicted molar refractivity (Wildman–Crippen MR) is 105 cm³/mol. The van der Waals surface area contributed by atoms with Crippen molar-refractivity contribution in [3.8, 4) is 16.8 Å². The first-order chi connectivity index (χ1) is 13.0. The van der Waals surface area contributed by atoms with E-state index in [0.717, 1.165) is 16.8 Å². The molecule has 1 heterocycles. The second-order valence-corrected chi connectivity index (χ2v) is 7.61. The van der Waals surface area contributed by atoms with Gasteiger partial charge in [0.1, 0.15) is 22.3 Å². The third-order valence-electron chi connectivity index (χ3n) is 3.85. The fraction of sp³-hybridized carbons (Fsp3) is 0.118. The van der Waals surface area contributed by atoms with Crippen molar-refractivity contribution in [3.05, 3.63) is 56.8 Å². The summed E-state index contributed by atoms with van der Waals surface area (Å²) in [6, 6.07) is 5.52. The Hall–Kier alpha value is -1.61. The number of rotatable bonds is 3. The van der Waals surface area contributed by atoms with Gasteiger partial charge in [-0.3, -0.25) is 0 Å². The van der Waals surface area contributed by atoms with Crippen molar-refractivity contribution in [3.63, 3.8) is 0 Å². The number of hydrogen-bond acceptors (Lipinski definition) is 3. The van der Waals surface area contributed by atoms with E-state index in [2.05, 4.69) is 5.10 Å². The number of anilines is 1. The molecule has 0 fully saturated rings. The fourth-order valence-corrected chi connectivity index (χ4v) is 4.00. The molecule has 1 aromatic heterocycles. The van der Waals surface area contributed by atoms with Crippen LogP contribution in [0, 0.1) is 5.82 Å². The summed E-state index contributed by atoms with van der Waals surface area (Å²) < 4.78 is 53.5. The number of benzene rings is 2. The van der Waals surface area contributed by atoms with Crippen LogP contribution in [0.5, 0.6) is 0 Å². The molecule has 3 nitrogen and oxygen atoms in total. The molecule has 0 unspecified atom stereocenters. The molecule has 11 heteroatoms. The largest absolute Gasteiger partial charge is 0.416 e. The number of nitrogens with two attached hydrogens (primary N) is 1. The third kappa shape index (κ3) is 3.78. The zero-order valence-corrected chi connectivity index (χ0v) is 17.0. The van der Waals surface area contributed by atoms with E-state index < -0.39 is 17.6 Å². The number of nitrogen functional groups attached to an aromatic ring is 1. The highest BCUT2D eigenvalue weighted by molar-refractivity contribution is 7.98. The first kappa shape index (κ1) is 21.1. The Labute approximate surface area is 176 Å². The Kier molecular flexibility index (Phi) is 5.78. The molecule has 3 aromatic rings. The molecule has 0 aliphatic rings. The number of nitrogens with zero attached hydrogens (tertiary/aromatic N) is 2. The van der Waals surface area contributed by atoms with Crippen molar-refractivity contribution < 1.29 is 17.6 Å². The lowest BCUT2D eigenvalue weighted by molar-refractivity contribution is -0.137. The molecule has 28 heavy (non-hydrogen) atoms. The average molecular weight is 471 g/mol. The molecule has 0 saturated heterocycles. The summed E-state index contributed by atoms with van der Waals surface area (Å²) >= 11 is 19.2. The Balaban J connectivity index is 2.22. The maximum absolute atomic E-state index is 13.5. The lowest BCUT2D eigenvalue weighted by Crippen LogP contribution is -2.08. The second kappa shape index (κ2) is 7.67. The molecular formula is C17H10Cl3F4N3S. The van der Waals surface area contributed by atoms with Crippen LogP contribution >= 0.6 is 46.6 Å². The van der Waals surface area contributed by atoms with E-state index >= 15 is 0 Å². The average Bonchev–Trinajstić information content (AvgIpc) is 2.92. The Morgan fingerprint density at radius 1 is 1.04 bits per heavy atom. The molecule has 0 aliphatic heterocycles. The monoisotopic (exact) mass is 469 g/mol. The van der Waals surface area contributed by atoms with Crippen LogP contribution in [0.1, 0.15) is 5.56 Å². The molecule has 2 N–H and O–H groups in total. The number of thioether (sulfide) groups is 1. The van der Waals surface area contributed by atoms with E-state index in [0.29, 0.717) is 16.2 Å². The molecule has 3 rings (SSSR count). The van der Waals surface area contributed by atoms with Gasteiger partial charge < -0.3 is 5.73 Å². The molecule has 0 atom stereocenters. The summed E-state index contributed by atoms with van der Waals surface area (Å²) in [7, 11) is 0. The molecule has 0 spiro atoms. The molecule has 0 saturated carbocycles. The summed E-state index contributed by atoms with van der Waals surface area (Å²) in [5.41, 5.74) is 6.13. The van der Waals surface area contributed by atoms with Crippen LogP contribution in [0.4, 0.5) is 23.4 Å². The molecular weight excluding hydrogens is 461 g/mol. The van der Waals surface area contributed by atoms with Crippen molar-refractivity contribution in [2.45, 2.75) is 11.2 Å². The molecule has 148 valence electrons. The van der Waals surface area contributed by atoms with E-state index in [-0.39, 0.29) is 26.6 Å². The SMILES string of the molecule is CSc1nn(-c2c(Cl)cc(C(F)(F)F)cc2Cl)c(N)c1-c1ccc(F)c(Cl)c1. The number of alkyl halides is 3. The van der Waals surface area contributed by atoms with Gasteiger partial charge in [-0.1, -0.05) is 40.9 Å².